The van der Waals surface area contributed by atoms with E-state index in [1.807, 2.05) is 0 Å². The summed E-state index contributed by atoms with van der Waals surface area (Å²) < 4.78 is 27.6. The summed E-state index contributed by atoms with van der Waals surface area (Å²) >= 11 is 5.76. The second kappa shape index (κ2) is 3.62. The Bertz CT molecular complexity index is 489. The van der Waals surface area contributed by atoms with Crippen molar-refractivity contribution < 1.29 is 8.78 Å². The summed E-state index contributed by atoms with van der Waals surface area (Å²) in [4.78, 5) is 0. The molecule has 0 unspecified atom stereocenters. The Morgan fingerprint density at radius 2 is 2.00 bits per heavy atom. The minimum Gasteiger partial charge on any atom is -0.256 e. The molecule has 2 aromatic rings. The third-order valence-electron chi connectivity index (χ3n) is 2.03. The standard InChI is InChI=1S/C10H7ClF2N2/c1-15-10(11)5-9(14-15)7-4-6(12)2-3-8(7)13/h2-5H,1H3. The van der Waals surface area contributed by atoms with Crippen LogP contribution in [0.2, 0.25) is 5.15 Å². The fourth-order valence-electron chi connectivity index (χ4n) is 1.27. The second-order valence-corrected chi connectivity index (χ2v) is 3.49. The number of hydrogen-bond donors (Lipinski definition) is 0. The monoisotopic (exact) mass is 228 g/mol. The van der Waals surface area contributed by atoms with Crippen molar-refractivity contribution in [2.75, 3.05) is 0 Å². The zero-order chi connectivity index (χ0) is 11.0. The number of aromatic nitrogens is 2. The van der Waals surface area contributed by atoms with E-state index in [0.717, 1.165) is 18.2 Å². The lowest BCUT2D eigenvalue weighted by molar-refractivity contribution is 0.602. The Morgan fingerprint density at radius 3 is 2.60 bits per heavy atom. The first kappa shape index (κ1) is 10.1. The molecule has 0 N–H and O–H groups in total. The van der Waals surface area contributed by atoms with Crippen molar-refractivity contribution in [1.29, 1.82) is 0 Å². The topological polar surface area (TPSA) is 17.8 Å². The second-order valence-electron chi connectivity index (χ2n) is 3.10. The maximum absolute atomic E-state index is 13.3. The molecule has 0 saturated heterocycles. The molecule has 0 aliphatic heterocycles. The van der Waals surface area contributed by atoms with E-state index in [1.165, 1.54) is 10.7 Å². The SMILES string of the molecule is Cn1nc(-c2cc(F)ccc2F)cc1Cl. The van der Waals surface area contributed by atoms with Gasteiger partial charge >= 0.3 is 0 Å². The summed E-state index contributed by atoms with van der Waals surface area (Å²) in [6.07, 6.45) is 0. The third-order valence-corrected chi connectivity index (χ3v) is 2.38. The molecule has 1 aromatic heterocycles. The van der Waals surface area contributed by atoms with Crippen LogP contribution in [0.3, 0.4) is 0 Å². The van der Waals surface area contributed by atoms with Crippen LogP contribution in [0.5, 0.6) is 0 Å². The Morgan fingerprint density at radius 1 is 1.27 bits per heavy atom. The van der Waals surface area contributed by atoms with E-state index in [0.29, 0.717) is 10.8 Å². The highest BCUT2D eigenvalue weighted by Gasteiger charge is 2.11. The van der Waals surface area contributed by atoms with Crippen LogP contribution in [-0.2, 0) is 7.05 Å². The maximum Gasteiger partial charge on any atom is 0.132 e. The van der Waals surface area contributed by atoms with Crippen LogP contribution in [-0.4, -0.2) is 9.78 Å². The number of nitrogens with zero attached hydrogens (tertiary/aromatic N) is 2. The van der Waals surface area contributed by atoms with Gasteiger partial charge in [0.15, 0.2) is 0 Å². The zero-order valence-corrected chi connectivity index (χ0v) is 8.59. The summed E-state index contributed by atoms with van der Waals surface area (Å²) in [5, 5.41) is 4.33. The van der Waals surface area contributed by atoms with Crippen molar-refractivity contribution in [1.82, 2.24) is 9.78 Å². The summed E-state index contributed by atoms with van der Waals surface area (Å²) in [5.41, 5.74) is 0.428. The molecule has 1 heterocycles. The van der Waals surface area contributed by atoms with Gasteiger partial charge in [0, 0.05) is 18.7 Å². The minimum atomic E-state index is -0.522. The van der Waals surface area contributed by atoms with Crippen molar-refractivity contribution >= 4 is 11.6 Å². The minimum absolute atomic E-state index is 0.109. The number of halogens is 3. The van der Waals surface area contributed by atoms with Gasteiger partial charge in [0.1, 0.15) is 16.8 Å². The van der Waals surface area contributed by atoms with Crippen molar-refractivity contribution in [3.05, 3.63) is 41.1 Å². The third kappa shape index (κ3) is 1.85. The molecule has 0 fully saturated rings. The number of rotatable bonds is 1. The van der Waals surface area contributed by atoms with Crippen LogP contribution in [0, 0.1) is 11.6 Å². The molecule has 0 saturated carbocycles. The predicted molar refractivity (Wildman–Crippen MR) is 53.6 cm³/mol. The maximum atomic E-state index is 13.3. The molecule has 5 heteroatoms. The fraction of sp³-hybridized carbons (Fsp3) is 0.100. The quantitative estimate of drug-likeness (QED) is 0.734. The van der Waals surface area contributed by atoms with Crippen LogP contribution in [0.15, 0.2) is 24.3 Å². The normalized spacial score (nSPS) is 10.7. The summed E-state index contributed by atoms with van der Waals surface area (Å²) in [5.74, 6) is -1.03. The van der Waals surface area contributed by atoms with Crippen LogP contribution in [0.4, 0.5) is 8.78 Å². The number of hydrogen-bond acceptors (Lipinski definition) is 1. The van der Waals surface area contributed by atoms with Crippen molar-refractivity contribution in [3.8, 4) is 11.3 Å². The van der Waals surface area contributed by atoms with Gasteiger partial charge in [0.2, 0.25) is 0 Å². The molecule has 15 heavy (non-hydrogen) atoms. The van der Waals surface area contributed by atoms with E-state index in [1.54, 1.807) is 7.05 Å². The highest BCUT2D eigenvalue weighted by atomic mass is 35.5. The van der Waals surface area contributed by atoms with E-state index < -0.39 is 11.6 Å². The Hall–Kier alpha value is -1.42. The molecule has 0 aliphatic rings. The lowest BCUT2D eigenvalue weighted by atomic mass is 10.1. The highest BCUT2D eigenvalue weighted by molar-refractivity contribution is 6.29. The molecule has 0 atom stereocenters. The fourth-order valence-corrected chi connectivity index (χ4v) is 1.41. The molecule has 0 bridgehead atoms. The number of benzene rings is 1. The average molecular weight is 229 g/mol. The van der Waals surface area contributed by atoms with E-state index in [4.69, 9.17) is 11.6 Å². The average Bonchev–Trinajstić information content (AvgIpc) is 2.51. The van der Waals surface area contributed by atoms with Gasteiger partial charge in [-0.25, -0.2) is 8.78 Å². The molecule has 0 radical (unpaired) electrons. The van der Waals surface area contributed by atoms with E-state index in [-0.39, 0.29) is 5.56 Å². The van der Waals surface area contributed by atoms with Gasteiger partial charge in [-0.2, -0.15) is 5.10 Å². The molecular formula is C10H7ClF2N2. The summed E-state index contributed by atoms with van der Waals surface area (Å²) in [6, 6.07) is 4.70. The van der Waals surface area contributed by atoms with Gasteiger partial charge < -0.3 is 0 Å². The van der Waals surface area contributed by atoms with Crippen LogP contribution >= 0.6 is 11.6 Å². The molecule has 2 rings (SSSR count). The Kier molecular flexibility index (Phi) is 2.44. The van der Waals surface area contributed by atoms with Crippen LogP contribution in [0.1, 0.15) is 0 Å². The first-order valence-electron chi connectivity index (χ1n) is 4.23. The van der Waals surface area contributed by atoms with Crippen LogP contribution < -0.4 is 0 Å². The predicted octanol–water partition coefficient (Wildman–Crippen LogP) is 3.02. The van der Waals surface area contributed by atoms with Gasteiger partial charge in [-0.05, 0) is 18.2 Å². The van der Waals surface area contributed by atoms with Gasteiger partial charge in [-0.3, -0.25) is 4.68 Å². The first-order chi connectivity index (χ1) is 7.08. The first-order valence-corrected chi connectivity index (χ1v) is 4.60. The smallest absolute Gasteiger partial charge is 0.132 e. The number of aryl methyl sites for hydroxylation is 1. The summed E-state index contributed by atoms with van der Waals surface area (Å²) in [6.45, 7) is 0. The van der Waals surface area contributed by atoms with Crippen molar-refractivity contribution in [3.63, 3.8) is 0 Å². The van der Waals surface area contributed by atoms with Crippen LogP contribution in [0.25, 0.3) is 11.3 Å². The lowest BCUT2D eigenvalue weighted by Gasteiger charge is -1.98. The van der Waals surface area contributed by atoms with Gasteiger partial charge in [-0.1, -0.05) is 11.6 Å². The van der Waals surface area contributed by atoms with Gasteiger partial charge in [0.05, 0.1) is 5.69 Å². The lowest BCUT2D eigenvalue weighted by Crippen LogP contribution is -1.91. The van der Waals surface area contributed by atoms with Crippen molar-refractivity contribution in [2.24, 2.45) is 7.05 Å². The van der Waals surface area contributed by atoms with Crippen molar-refractivity contribution in [2.45, 2.75) is 0 Å². The van der Waals surface area contributed by atoms with Gasteiger partial charge in [-0.15, -0.1) is 0 Å². The highest BCUT2D eigenvalue weighted by Crippen LogP contribution is 2.24. The molecule has 0 amide bonds. The molecule has 0 aliphatic carbocycles. The van der Waals surface area contributed by atoms with E-state index >= 15 is 0 Å². The Balaban J connectivity index is 2.58. The molecule has 0 spiro atoms. The molecular weight excluding hydrogens is 222 g/mol. The summed E-state index contributed by atoms with van der Waals surface area (Å²) in [7, 11) is 1.63. The Labute approximate surface area is 90.1 Å². The van der Waals surface area contributed by atoms with E-state index in [2.05, 4.69) is 5.10 Å². The molecule has 2 nitrogen and oxygen atoms in total. The van der Waals surface area contributed by atoms with Gasteiger partial charge in [0.25, 0.3) is 0 Å². The molecule has 1 aromatic carbocycles. The largest absolute Gasteiger partial charge is 0.256 e. The van der Waals surface area contributed by atoms with E-state index in [9.17, 15) is 8.78 Å². The molecule has 78 valence electrons. The zero-order valence-electron chi connectivity index (χ0n) is 7.84.